The fraction of sp³-hybridized carbons (Fsp3) is 0.375. The molecular weight excluding hydrogens is 142 g/mol. The number of hydrogen-bond acceptors (Lipinski definition) is 2. The second-order valence-electron chi connectivity index (χ2n) is 2.10. The van der Waals surface area contributed by atoms with Crippen LogP contribution in [0.3, 0.4) is 0 Å². The summed E-state index contributed by atoms with van der Waals surface area (Å²) in [6, 6.07) is 0. The number of allylic oxidation sites excluding steroid dienone is 1. The van der Waals surface area contributed by atoms with Crippen LogP contribution in [0.1, 0.15) is 13.3 Å². The summed E-state index contributed by atoms with van der Waals surface area (Å²) >= 11 is 0. The van der Waals surface area contributed by atoms with Crippen LogP contribution in [0, 0.1) is 0 Å². The first kappa shape index (κ1) is 9.75. The fourth-order valence-corrected chi connectivity index (χ4v) is 0.585. The molecule has 3 nitrogen and oxygen atoms in total. The maximum absolute atomic E-state index is 10.4. The Morgan fingerprint density at radius 3 is 2.45 bits per heavy atom. The van der Waals surface area contributed by atoms with Gasteiger partial charge in [-0.15, -0.1) is 0 Å². The van der Waals surface area contributed by atoms with Crippen molar-refractivity contribution >= 4 is 5.91 Å². The van der Waals surface area contributed by atoms with Gasteiger partial charge in [-0.05, 0) is 12.5 Å². The van der Waals surface area contributed by atoms with Gasteiger partial charge >= 0.3 is 0 Å². The molecule has 0 heterocycles. The number of primary amides is 1. The number of nitrogens with two attached hydrogens (primary N) is 1. The molecule has 0 aliphatic carbocycles. The summed E-state index contributed by atoms with van der Waals surface area (Å²) in [6.07, 6.45) is 0.110. The Bertz CT molecular complexity index is 185. The highest BCUT2D eigenvalue weighted by Crippen LogP contribution is 2.09. The third kappa shape index (κ3) is 4.19. The van der Waals surface area contributed by atoms with E-state index in [1.807, 2.05) is 6.92 Å². The van der Waals surface area contributed by atoms with Crippen molar-refractivity contribution < 1.29 is 9.53 Å². The van der Waals surface area contributed by atoms with Gasteiger partial charge in [-0.2, -0.15) is 0 Å². The number of ether oxygens (including phenoxy) is 1. The molecule has 0 rings (SSSR count). The summed E-state index contributed by atoms with van der Waals surface area (Å²) in [7, 11) is 0. The lowest BCUT2D eigenvalue weighted by Crippen LogP contribution is -2.12. The van der Waals surface area contributed by atoms with Crippen LogP contribution in [0.25, 0.3) is 0 Å². The van der Waals surface area contributed by atoms with Crippen LogP contribution >= 0.6 is 0 Å². The van der Waals surface area contributed by atoms with Gasteiger partial charge in [0.15, 0.2) is 0 Å². The van der Waals surface area contributed by atoms with Gasteiger partial charge in [0, 0.05) is 0 Å². The molecule has 0 atom stereocenters. The van der Waals surface area contributed by atoms with E-state index in [0.29, 0.717) is 17.9 Å². The molecule has 62 valence electrons. The van der Waals surface area contributed by atoms with E-state index in [2.05, 4.69) is 13.2 Å². The summed E-state index contributed by atoms with van der Waals surface area (Å²) < 4.78 is 5.00. The van der Waals surface area contributed by atoms with Gasteiger partial charge in [-0.3, -0.25) is 4.79 Å². The summed E-state index contributed by atoms with van der Waals surface area (Å²) in [5.41, 5.74) is 5.47. The smallest absolute Gasteiger partial charge is 0.221 e. The van der Waals surface area contributed by atoms with Crippen molar-refractivity contribution in [1.82, 2.24) is 0 Å². The van der Waals surface area contributed by atoms with E-state index in [1.165, 1.54) is 0 Å². The minimum atomic E-state index is -0.421. The van der Waals surface area contributed by atoms with Crippen molar-refractivity contribution in [2.75, 3.05) is 6.61 Å². The average molecular weight is 155 g/mol. The zero-order valence-corrected chi connectivity index (χ0v) is 6.72. The van der Waals surface area contributed by atoms with Crippen LogP contribution < -0.4 is 5.73 Å². The molecule has 0 fully saturated rings. The molecule has 0 aromatic heterocycles. The van der Waals surface area contributed by atoms with E-state index in [0.717, 1.165) is 0 Å². The molecule has 0 aliphatic rings. The Labute approximate surface area is 66.5 Å². The Balaban J connectivity index is 3.83. The van der Waals surface area contributed by atoms with E-state index < -0.39 is 5.91 Å². The van der Waals surface area contributed by atoms with E-state index in [-0.39, 0.29) is 6.42 Å². The molecule has 3 heteroatoms. The van der Waals surface area contributed by atoms with Crippen molar-refractivity contribution in [3.63, 3.8) is 0 Å². The predicted octanol–water partition coefficient (Wildman–Crippen LogP) is 0.968. The molecule has 0 saturated carbocycles. The number of amides is 1. The third-order valence-electron chi connectivity index (χ3n) is 1.10. The Morgan fingerprint density at radius 1 is 1.55 bits per heavy atom. The van der Waals surface area contributed by atoms with Crippen LogP contribution in [0.4, 0.5) is 0 Å². The minimum absolute atomic E-state index is 0.110. The highest BCUT2D eigenvalue weighted by molar-refractivity contribution is 5.77. The number of hydrogen-bond donors (Lipinski definition) is 1. The second kappa shape index (κ2) is 4.55. The van der Waals surface area contributed by atoms with Gasteiger partial charge in [0.2, 0.25) is 5.91 Å². The van der Waals surface area contributed by atoms with Crippen LogP contribution in [0.5, 0.6) is 0 Å². The summed E-state index contributed by atoms with van der Waals surface area (Å²) in [4.78, 5) is 10.4. The van der Waals surface area contributed by atoms with Gasteiger partial charge in [-0.1, -0.05) is 13.2 Å². The first-order chi connectivity index (χ1) is 5.07. The van der Waals surface area contributed by atoms with Gasteiger partial charge in [0.1, 0.15) is 5.76 Å². The molecule has 0 aromatic carbocycles. The molecule has 0 bridgehead atoms. The monoisotopic (exact) mass is 155 g/mol. The largest absolute Gasteiger partial charge is 0.494 e. The minimum Gasteiger partial charge on any atom is -0.494 e. The number of carbonyl (C=O) groups excluding carboxylic acids is 1. The first-order valence-electron chi connectivity index (χ1n) is 3.36. The van der Waals surface area contributed by atoms with Crippen molar-refractivity contribution in [1.29, 1.82) is 0 Å². The topological polar surface area (TPSA) is 52.3 Å². The molecule has 0 aliphatic heterocycles. The lowest BCUT2D eigenvalue weighted by Gasteiger charge is -2.07. The van der Waals surface area contributed by atoms with Gasteiger partial charge < -0.3 is 10.5 Å². The molecule has 0 aromatic rings. The van der Waals surface area contributed by atoms with Gasteiger partial charge in [0.05, 0.1) is 13.0 Å². The highest BCUT2D eigenvalue weighted by Gasteiger charge is 2.03. The SMILES string of the molecule is C=C(CC(N)=O)C(=C)OCC. The standard InChI is InChI=1S/C8H13NO2/c1-4-11-7(3)6(2)5-8(9)10/h2-5H2,1H3,(H2,9,10). The van der Waals surface area contributed by atoms with Crippen molar-refractivity contribution in [2.45, 2.75) is 13.3 Å². The van der Waals surface area contributed by atoms with E-state index in [1.54, 1.807) is 0 Å². The molecule has 0 saturated heterocycles. The van der Waals surface area contributed by atoms with Crippen LogP contribution in [-0.2, 0) is 9.53 Å². The predicted molar refractivity (Wildman–Crippen MR) is 43.7 cm³/mol. The lowest BCUT2D eigenvalue weighted by atomic mass is 10.2. The fourth-order valence-electron chi connectivity index (χ4n) is 0.585. The zero-order chi connectivity index (χ0) is 8.85. The van der Waals surface area contributed by atoms with Crippen molar-refractivity contribution in [2.24, 2.45) is 5.73 Å². The Kier molecular flexibility index (Phi) is 4.03. The first-order valence-corrected chi connectivity index (χ1v) is 3.36. The molecule has 11 heavy (non-hydrogen) atoms. The van der Waals surface area contributed by atoms with Crippen LogP contribution in [0.2, 0.25) is 0 Å². The quantitative estimate of drug-likeness (QED) is 0.475. The second-order valence-corrected chi connectivity index (χ2v) is 2.10. The zero-order valence-electron chi connectivity index (χ0n) is 6.72. The summed E-state index contributed by atoms with van der Waals surface area (Å²) in [5.74, 6) is 0.0159. The van der Waals surface area contributed by atoms with E-state index >= 15 is 0 Å². The van der Waals surface area contributed by atoms with Crippen LogP contribution in [-0.4, -0.2) is 12.5 Å². The maximum Gasteiger partial charge on any atom is 0.221 e. The highest BCUT2D eigenvalue weighted by atomic mass is 16.5. The van der Waals surface area contributed by atoms with Crippen molar-refractivity contribution in [3.8, 4) is 0 Å². The molecule has 2 N–H and O–H groups in total. The van der Waals surface area contributed by atoms with Crippen LogP contribution in [0.15, 0.2) is 24.5 Å². The summed E-state index contributed by atoms with van der Waals surface area (Å²) in [5, 5.41) is 0. The Hall–Kier alpha value is -1.25. The molecule has 1 amide bonds. The van der Waals surface area contributed by atoms with Gasteiger partial charge in [-0.25, -0.2) is 0 Å². The van der Waals surface area contributed by atoms with E-state index in [4.69, 9.17) is 10.5 Å². The Morgan fingerprint density at radius 2 is 2.09 bits per heavy atom. The van der Waals surface area contributed by atoms with Gasteiger partial charge in [0.25, 0.3) is 0 Å². The number of carbonyl (C=O) groups is 1. The molecule has 0 spiro atoms. The summed E-state index contributed by atoms with van der Waals surface area (Å²) in [6.45, 7) is 9.52. The molecule has 0 unspecified atom stereocenters. The normalized spacial score (nSPS) is 8.82. The van der Waals surface area contributed by atoms with Crippen molar-refractivity contribution in [3.05, 3.63) is 24.5 Å². The average Bonchev–Trinajstić information content (AvgIpc) is 1.86. The number of rotatable bonds is 5. The lowest BCUT2D eigenvalue weighted by molar-refractivity contribution is -0.117. The molecule has 0 radical (unpaired) electrons. The third-order valence-corrected chi connectivity index (χ3v) is 1.10. The van der Waals surface area contributed by atoms with E-state index in [9.17, 15) is 4.79 Å². The molecular formula is C8H13NO2. The maximum atomic E-state index is 10.4.